The predicted molar refractivity (Wildman–Crippen MR) is 177 cm³/mol. The van der Waals surface area contributed by atoms with E-state index in [1.165, 1.54) is 0 Å². The molecule has 0 saturated carbocycles. The van der Waals surface area contributed by atoms with E-state index in [9.17, 15) is 4.79 Å². The molecule has 2 heterocycles. The fraction of sp³-hybridized carbons (Fsp3) is 0.297. The highest BCUT2D eigenvalue weighted by Gasteiger charge is 2.55. The number of amides is 1. The highest BCUT2D eigenvalue weighted by atomic mass is 16.5. The Morgan fingerprint density at radius 3 is 2.26 bits per heavy atom. The van der Waals surface area contributed by atoms with Gasteiger partial charge in [-0.2, -0.15) is 0 Å². The highest BCUT2D eigenvalue weighted by molar-refractivity contribution is 6.01. The fourth-order valence-corrected chi connectivity index (χ4v) is 6.23. The molecule has 9 nitrogen and oxygen atoms in total. The van der Waals surface area contributed by atoms with Crippen LogP contribution in [0.4, 0.5) is 0 Å². The number of hydrogen-bond donors (Lipinski definition) is 1. The summed E-state index contributed by atoms with van der Waals surface area (Å²) in [5, 5.41) is 12.9. The number of benzene rings is 4. The summed E-state index contributed by atoms with van der Waals surface area (Å²) in [6, 6.07) is 33.5. The van der Waals surface area contributed by atoms with Crippen molar-refractivity contribution in [1.29, 1.82) is 0 Å². The molecule has 0 aromatic heterocycles. The molecule has 2 aliphatic rings. The van der Waals surface area contributed by atoms with Crippen molar-refractivity contribution < 1.29 is 19.4 Å². The molecule has 0 aliphatic carbocycles. The molecule has 0 bridgehead atoms. The van der Waals surface area contributed by atoms with Gasteiger partial charge < -0.3 is 19.5 Å². The maximum atomic E-state index is 14.8. The number of carbonyl (C=O) groups is 1. The van der Waals surface area contributed by atoms with Gasteiger partial charge >= 0.3 is 0 Å². The molecule has 4 aromatic rings. The molecule has 2 aliphatic heterocycles. The largest absolute Gasteiger partial charge is 0.494 e. The number of likely N-dealkylation sites (tertiary alicyclic amines) is 1. The van der Waals surface area contributed by atoms with Crippen LogP contribution in [0.15, 0.2) is 113 Å². The van der Waals surface area contributed by atoms with Crippen LogP contribution in [0.1, 0.15) is 47.6 Å². The Morgan fingerprint density at radius 1 is 0.913 bits per heavy atom. The number of aliphatic imine (C=N–C) groups is 1. The van der Waals surface area contributed by atoms with Crippen molar-refractivity contribution in [3.05, 3.63) is 136 Å². The molecule has 1 amide bonds. The van der Waals surface area contributed by atoms with Gasteiger partial charge in [0.2, 0.25) is 5.90 Å². The van der Waals surface area contributed by atoms with Gasteiger partial charge in [-0.15, -0.1) is 0 Å². The van der Waals surface area contributed by atoms with Gasteiger partial charge in [0.15, 0.2) is 11.6 Å². The van der Waals surface area contributed by atoms with Crippen molar-refractivity contribution in [2.24, 2.45) is 10.1 Å². The number of nitrogens with zero attached hydrogens (tertiary/aromatic N) is 5. The summed E-state index contributed by atoms with van der Waals surface area (Å²) >= 11 is 0. The molecule has 1 N–H and O–H groups in total. The second kappa shape index (κ2) is 14.3. The lowest BCUT2D eigenvalue weighted by Gasteiger charge is -2.34. The first-order valence-electron chi connectivity index (χ1n) is 15.7. The van der Waals surface area contributed by atoms with E-state index in [2.05, 4.69) is 34.3 Å². The van der Waals surface area contributed by atoms with Crippen molar-refractivity contribution >= 4 is 11.8 Å². The Labute approximate surface area is 268 Å². The zero-order valence-corrected chi connectivity index (χ0v) is 25.7. The molecule has 0 radical (unpaired) electrons. The third-order valence-corrected chi connectivity index (χ3v) is 8.60. The maximum Gasteiger partial charge on any atom is 0.255 e. The Bertz CT molecular complexity index is 1710. The Kier molecular flexibility index (Phi) is 9.62. The molecule has 0 spiro atoms. The molecule has 2 atom stereocenters. The molecule has 4 aromatic carbocycles. The van der Waals surface area contributed by atoms with Gasteiger partial charge in [-0.3, -0.25) is 4.79 Å². The van der Waals surface area contributed by atoms with Gasteiger partial charge in [-0.25, -0.2) is 4.99 Å². The quantitative estimate of drug-likeness (QED) is 0.0795. The lowest BCUT2D eigenvalue weighted by atomic mass is 9.80. The average Bonchev–Trinajstić information content (AvgIpc) is 3.78. The molecule has 234 valence electrons. The van der Waals surface area contributed by atoms with Crippen LogP contribution in [0, 0.1) is 0 Å². The van der Waals surface area contributed by atoms with Crippen LogP contribution in [0.3, 0.4) is 0 Å². The second-order valence-electron chi connectivity index (χ2n) is 11.6. The van der Waals surface area contributed by atoms with Crippen LogP contribution < -0.4 is 4.74 Å². The number of aliphatic hydroxyl groups is 1. The third-order valence-electron chi connectivity index (χ3n) is 8.60. The number of hydrogen-bond acceptors (Lipinski definition) is 6. The lowest BCUT2D eigenvalue weighted by molar-refractivity contribution is -0.138. The standard InChI is InChI=1S/C37H37N5O4/c38-41-39-26-32-12-5-4-11-31(32)25-37(36(44)42-21-6-7-22-42)34(29-15-13-28(14-16-29)27-9-2-1-3-10-27)46-35(40-37)30-17-19-33(20-18-30)45-24-8-23-43/h1-5,9-20,34,43H,6-8,21-26H2/t34-,37-/m1/s1. The summed E-state index contributed by atoms with van der Waals surface area (Å²) in [7, 11) is 0. The Balaban J connectivity index is 1.44. The minimum atomic E-state index is -1.29. The molecule has 46 heavy (non-hydrogen) atoms. The summed E-state index contributed by atoms with van der Waals surface area (Å²) < 4.78 is 12.5. The van der Waals surface area contributed by atoms with E-state index in [-0.39, 0.29) is 25.5 Å². The summed E-state index contributed by atoms with van der Waals surface area (Å²) in [4.78, 5) is 24.9. The van der Waals surface area contributed by atoms with E-state index in [4.69, 9.17) is 25.1 Å². The monoisotopic (exact) mass is 615 g/mol. The lowest BCUT2D eigenvalue weighted by Crippen LogP contribution is -2.51. The highest BCUT2D eigenvalue weighted by Crippen LogP contribution is 2.45. The van der Waals surface area contributed by atoms with Crippen molar-refractivity contribution in [3.63, 3.8) is 0 Å². The normalized spacial score (nSPS) is 18.8. The molecule has 1 saturated heterocycles. The zero-order chi connectivity index (χ0) is 31.8. The maximum absolute atomic E-state index is 14.8. The van der Waals surface area contributed by atoms with Crippen LogP contribution in [-0.4, -0.2) is 53.7 Å². The molecule has 0 unspecified atom stereocenters. The first-order chi connectivity index (χ1) is 22.6. The van der Waals surface area contributed by atoms with Crippen LogP contribution in [0.25, 0.3) is 21.6 Å². The van der Waals surface area contributed by atoms with Gasteiger partial charge in [0.05, 0.1) is 13.2 Å². The molecular weight excluding hydrogens is 578 g/mol. The molecule has 1 fully saturated rings. The van der Waals surface area contributed by atoms with E-state index in [0.717, 1.165) is 46.2 Å². The van der Waals surface area contributed by atoms with E-state index in [1.54, 1.807) is 0 Å². The Morgan fingerprint density at radius 2 is 1.57 bits per heavy atom. The number of rotatable bonds is 12. The van der Waals surface area contributed by atoms with E-state index < -0.39 is 11.6 Å². The molecule has 9 heteroatoms. The zero-order valence-electron chi connectivity index (χ0n) is 25.7. The predicted octanol–water partition coefficient (Wildman–Crippen LogP) is 7.05. The minimum absolute atomic E-state index is 0.0650. The summed E-state index contributed by atoms with van der Waals surface area (Å²) in [6.07, 6.45) is 2.01. The van der Waals surface area contributed by atoms with E-state index in [1.807, 2.05) is 83.8 Å². The van der Waals surface area contributed by atoms with Gasteiger partial charge in [0.25, 0.3) is 5.91 Å². The summed E-state index contributed by atoms with van der Waals surface area (Å²) in [5.41, 5.74) is 13.2. The molecule has 6 rings (SSSR count). The first kappa shape index (κ1) is 30.9. The topological polar surface area (TPSA) is 120 Å². The summed E-state index contributed by atoms with van der Waals surface area (Å²) in [5.74, 6) is 0.994. The SMILES string of the molecule is [N-]=[N+]=NCc1ccccc1C[C@@]1(C(=O)N2CCCC2)N=C(c2ccc(OCCCO)cc2)O[C@@H]1c1ccc(-c2ccccc2)cc1. The van der Waals surface area contributed by atoms with Crippen LogP contribution in [0.2, 0.25) is 0 Å². The number of carbonyl (C=O) groups excluding carboxylic acids is 1. The second-order valence-corrected chi connectivity index (χ2v) is 11.6. The van der Waals surface area contributed by atoms with Crippen molar-refractivity contribution in [2.75, 3.05) is 26.3 Å². The van der Waals surface area contributed by atoms with Crippen LogP contribution in [-0.2, 0) is 22.5 Å². The van der Waals surface area contributed by atoms with Gasteiger partial charge in [0.1, 0.15) is 5.75 Å². The number of aliphatic hydroxyl groups excluding tert-OH is 1. The van der Waals surface area contributed by atoms with Gasteiger partial charge in [-0.1, -0.05) is 84.0 Å². The van der Waals surface area contributed by atoms with E-state index in [0.29, 0.717) is 37.8 Å². The third kappa shape index (κ3) is 6.61. The average molecular weight is 616 g/mol. The van der Waals surface area contributed by atoms with Crippen molar-refractivity contribution in [3.8, 4) is 16.9 Å². The van der Waals surface area contributed by atoms with Crippen molar-refractivity contribution in [2.45, 2.75) is 43.9 Å². The fourth-order valence-electron chi connectivity index (χ4n) is 6.23. The minimum Gasteiger partial charge on any atom is -0.494 e. The summed E-state index contributed by atoms with van der Waals surface area (Å²) in [6.45, 7) is 2.00. The van der Waals surface area contributed by atoms with Crippen LogP contribution in [0.5, 0.6) is 5.75 Å². The Hall–Kier alpha value is -5.11. The smallest absolute Gasteiger partial charge is 0.255 e. The van der Waals surface area contributed by atoms with Crippen LogP contribution >= 0.6 is 0 Å². The first-order valence-corrected chi connectivity index (χ1v) is 15.7. The number of azide groups is 1. The van der Waals surface area contributed by atoms with Crippen molar-refractivity contribution in [1.82, 2.24) is 4.90 Å². The van der Waals surface area contributed by atoms with Gasteiger partial charge in [0, 0.05) is 43.0 Å². The molecular formula is C37H37N5O4. The van der Waals surface area contributed by atoms with Gasteiger partial charge in [-0.05, 0) is 70.5 Å². The van der Waals surface area contributed by atoms with E-state index >= 15 is 0 Å². The number of ether oxygens (including phenoxy) is 2.